The molecule has 3 heterocycles. The number of nitrogens with one attached hydrogen (secondary N) is 1. The molecule has 1 spiro atoms. The number of carbonyl (C=O) groups is 1. The quantitative estimate of drug-likeness (QED) is 0.0905. The van der Waals surface area contributed by atoms with Crippen molar-refractivity contribution in [3.8, 4) is 11.5 Å². The molecule has 1 aliphatic carbocycles. The molecule has 3 fully saturated rings. The third kappa shape index (κ3) is 8.54. The van der Waals surface area contributed by atoms with Gasteiger partial charge in [0.25, 0.3) is 5.91 Å². The van der Waals surface area contributed by atoms with Gasteiger partial charge in [-0.3, -0.25) is 9.36 Å². The number of hydrogen-bond acceptors (Lipinski definition) is 11. The molecule has 8 rings (SSSR count). The largest absolute Gasteiger partial charge is 0.497 e. The lowest BCUT2D eigenvalue weighted by Crippen LogP contribution is -2.38. The number of anilines is 1. The fourth-order valence-corrected chi connectivity index (χ4v) is 15.1. The second-order valence-corrected chi connectivity index (χ2v) is 21.2. The molecule has 2 aliphatic heterocycles. The third-order valence-electron chi connectivity index (χ3n) is 11.1. The van der Waals surface area contributed by atoms with Gasteiger partial charge in [0.1, 0.15) is 35.2 Å². The van der Waals surface area contributed by atoms with Crippen molar-refractivity contribution in [2.45, 2.75) is 67.3 Å². The summed E-state index contributed by atoms with van der Waals surface area (Å²) >= 11 is 7.90. The summed E-state index contributed by atoms with van der Waals surface area (Å²) in [7, 11) is 3.28. The van der Waals surface area contributed by atoms with Crippen LogP contribution in [0.5, 0.6) is 11.5 Å². The van der Waals surface area contributed by atoms with Gasteiger partial charge in [0.05, 0.1) is 33.5 Å². The van der Waals surface area contributed by atoms with Crippen molar-refractivity contribution in [3.05, 3.63) is 154 Å². The summed E-state index contributed by atoms with van der Waals surface area (Å²) in [6.07, 6.45) is 5.48. The van der Waals surface area contributed by atoms with Crippen molar-refractivity contribution in [3.63, 3.8) is 0 Å². The van der Waals surface area contributed by atoms with Crippen molar-refractivity contribution in [1.29, 1.82) is 0 Å². The first kappa shape index (κ1) is 40.4. The van der Waals surface area contributed by atoms with Crippen LogP contribution in [0, 0.1) is 0 Å². The van der Waals surface area contributed by atoms with E-state index in [2.05, 4.69) is 10.3 Å². The Bertz CT molecular complexity index is 2240. The van der Waals surface area contributed by atoms with Gasteiger partial charge < -0.3 is 33.3 Å². The van der Waals surface area contributed by atoms with Gasteiger partial charge in [0.15, 0.2) is 0 Å². The van der Waals surface area contributed by atoms with Crippen molar-refractivity contribution < 1.29 is 32.8 Å². The van der Waals surface area contributed by atoms with Crippen molar-refractivity contribution in [2.24, 2.45) is 0 Å². The standard InChI is InChI=1S/C44H46N3O8PS2/c1-50-35-20-16-33(17-21-35)44(32-14-8-4-9-15-32,34-18-22-36(51-2)23-19-34)52-29-38-37(55-56(57)53-30-43(58-56)25-10-5-11-26-43)28-40(54-38)47-27-24-39(46-42(47)49)45-41(48)31-12-6-3-7-13-31/h3-4,6-9,12-24,27,37-38,40H,5,10-11,25-26,28-30H2,1-2H3,(H,45,46,48,49)/t37-,38+,40+,56?/m0/s1. The Hall–Kier alpha value is -4.33. The van der Waals surface area contributed by atoms with Crippen LogP contribution >= 0.6 is 17.1 Å². The smallest absolute Gasteiger partial charge is 0.351 e. The zero-order chi connectivity index (χ0) is 40.2. The third-order valence-corrected chi connectivity index (χ3v) is 16.8. The molecule has 11 nitrogen and oxygen atoms in total. The number of carbonyl (C=O) groups excluding carboxylic acids is 1. The minimum atomic E-state index is -2.79. The van der Waals surface area contributed by atoms with E-state index in [1.165, 1.54) is 11.0 Å². The SMILES string of the molecule is COc1ccc(C(OC[C@H]2O[C@@H](n3ccc(NC(=O)c4ccccc4)nc3=O)C[C@@H]2OP2(=S)OCC3(CCCCC3)S2)(c2ccccc2)c2ccc(OC)cc2)cc1. The highest BCUT2D eigenvalue weighted by atomic mass is 32.9. The summed E-state index contributed by atoms with van der Waals surface area (Å²) in [5, 5.41) is 2.72. The number of nitrogens with zero attached hydrogens (tertiary/aromatic N) is 2. The van der Waals surface area contributed by atoms with E-state index in [0.29, 0.717) is 30.1 Å². The van der Waals surface area contributed by atoms with Crippen molar-refractivity contribution in [2.75, 3.05) is 32.8 Å². The van der Waals surface area contributed by atoms with E-state index in [4.69, 9.17) is 39.8 Å². The Morgan fingerprint density at radius 2 is 1.48 bits per heavy atom. The van der Waals surface area contributed by atoms with Crippen LogP contribution in [0.3, 0.4) is 0 Å². The maximum Gasteiger partial charge on any atom is 0.351 e. The lowest BCUT2D eigenvalue weighted by molar-refractivity contribution is -0.0914. The Morgan fingerprint density at radius 3 is 2.09 bits per heavy atom. The maximum absolute atomic E-state index is 13.6. The van der Waals surface area contributed by atoms with Crippen molar-refractivity contribution >= 4 is 40.6 Å². The number of amides is 1. The summed E-state index contributed by atoms with van der Waals surface area (Å²) in [6, 6.07) is 36.1. The number of methoxy groups -OCH3 is 2. The predicted molar refractivity (Wildman–Crippen MR) is 228 cm³/mol. The van der Waals surface area contributed by atoms with Crippen LogP contribution in [0.25, 0.3) is 0 Å². The van der Waals surface area contributed by atoms with Crippen LogP contribution in [0.1, 0.15) is 71.8 Å². The molecule has 4 atom stereocenters. The topological polar surface area (TPSA) is 119 Å². The van der Waals surface area contributed by atoms with Gasteiger partial charge in [-0.25, -0.2) is 4.79 Å². The lowest BCUT2D eigenvalue weighted by atomic mass is 9.80. The van der Waals surface area contributed by atoms with Gasteiger partial charge in [-0.2, -0.15) is 4.98 Å². The van der Waals surface area contributed by atoms with E-state index in [1.54, 1.807) is 62.1 Å². The fourth-order valence-electron chi connectivity index (χ4n) is 8.03. The normalized spacial score (nSPS) is 22.8. The van der Waals surface area contributed by atoms with E-state index in [1.807, 2.05) is 84.9 Å². The first-order valence-electron chi connectivity index (χ1n) is 19.4. The molecule has 3 aliphatic rings. The molecule has 1 saturated carbocycles. The zero-order valence-corrected chi connectivity index (χ0v) is 34.9. The van der Waals surface area contributed by atoms with Crippen LogP contribution in [0.2, 0.25) is 0 Å². The van der Waals surface area contributed by atoms with E-state index in [9.17, 15) is 9.59 Å². The zero-order valence-electron chi connectivity index (χ0n) is 32.4. The Kier molecular flexibility index (Phi) is 12.2. The summed E-state index contributed by atoms with van der Waals surface area (Å²) < 4.78 is 39.8. The Labute approximate surface area is 347 Å². The number of ether oxygens (including phenoxy) is 4. The van der Waals surface area contributed by atoms with Crippen LogP contribution in [-0.2, 0) is 35.9 Å². The van der Waals surface area contributed by atoms with Crippen LogP contribution in [0.15, 0.2) is 126 Å². The maximum atomic E-state index is 13.6. The summed E-state index contributed by atoms with van der Waals surface area (Å²) in [4.78, 5) is 30.7. The summed E-state index contributed by atoms with van der Waals surface area (Å²) in [6.45, 7) is 0.630. The molecular weight excluding hydrogens is 794 g/mol. The van der Waals surface area contributed by atoms with Gasteiger partial charge >= 0.3 is 5.69 Å². The minimum absolute atomic E-state index is 0.0370. The minimum Gasteiger partial charge on any atom is -0.497 e. The first-order chi connectivity index (χ1) is 28.2. The van der Waals surface area contributed by atoms with Gasteiger partial charge in [0, 0.05) is 22.9 Å². The van der Waals surface area contributed by atoms with Crippen LogP contribution < -0.4 is 20.5 Å². The van der Waals surface area contributed by atoms with Crippen LogP contribution in [0.4, 0.5) is 5.82 Å². The molecule has 1 amide bonds. The summed E-state index contributed by atoms with van der Waals surface area (Å²) in [5.41, 5.74) is -1.41. The number of hydrogen-bond donors (Lipinski definition) is 1. The Balaban J connectivity index is 1.13. The van der Waals surface area contributed by atoms with E-state index in [-0.39, 0.29) is 23.1 Å². The van der Waals surface area contributed by atoms with Gasteiger partial charge in [0.2, 0.25) is 5.69 Å². The van der Waals surface area contributed by atoms with Crippen molar-refractivity contribution in [1.82, 2.24) is 9.55 Å². The molecule has 302 valence electrons. The molecular formula is C44H46N3O8PS2. The average Bonchev–Trinajstić information content (AvgIpc) is 3.80. The van der Waals surface area contributed by atoms with E-state index < -0.39 is 35.4 Å². The molecule has 4 aromatic carbocycles. The molecule has 0 radical (unpaired) electrons. The summed E-state index contributed by atoms with van der Waals surface area (Å²) in [5.74, 6) is 1.19. The lowest BCUT2D eigenvalue weighted by Gasteiger charge is -2.37. The average molecular weight is 840 g/mol. The molecule has 2 saturated heterocycles. The molecule has 5 aromatic rings. The van der Waals surface area contributed by atoms with Gasteiger partial charge in [-0.15, -0.1) is 0 Å². The second-order valence-electron chi connectivity index (χ2n) is 14.7. The molecule has 14 heteroatoms. The number of aromatic nitrogens is 2. The molecule has 1 unspecified atom stereocenters. The highest BCUT2D eigenvalue weighted by Gasteiger charge is 2.50. The molecule has 1 aromatic heterocycles. The first-order valence-corrected chi connectivity index (χ1v) is 23.5. The number of benzene rings is 4. The number of rotatable bonds is 13. The van der Waals surface area contributed by atoms with E-state index in [0.717, 1.165) is 42.4 Å². The molecule has 0 bridgehead atoms. The van der Waals surface area contributed by atoms with Gasteiger partial charge in [-0.05, 0) is 83.8 Å². The van der Waals surface area contributed by atoms with Crippen LogP contribution in [-0.4, -0.2) is 59.8 Å². The van der Waals surface area contributed by atoms with E-state index >= 15 is 0 Å². The van der Waals surface area contributed by atoms with Gasteiger partial charge in [-0.1, -0.05) is 103 Å². The highest BCUT2D eigenvalue weighted by molar-refractivity contribution is 8.68. The fraction of sp³-hybridized carbons (Fsp3) is 0.341. The monoisotopic (exact) mass is 839 g/mol. The molecule has 58 heavy (non-hydrogen) atoms. The second kappa shape index (κ2) is 17.5. The highest BCUT2D eigenvalue weighted by Crippen LogP contribution is 2.74. The molecule has 1 N–H and O–H groups in total. The predicted octanol–water partition coefficient (Wildman–Crippen LogP) is 8.89. The Morgan fingerprint density at radius 1 is 0.879 bits per heavy atom.